The monoisotopic (exact) mass is 618 g/mol. The van der Waals surface area contributed by atoms with Crippen LogP contribution in [0.15, 0.2) is 18.2 Å². The maximum atomic E-state index is 11.4. The lowest BCUT2D eigenvalue weighted by Crippen LogP contribution is -2.15. The Morgan fingerprint density at radius 3 is 1.53 bits per heavy atom. The summed E-state index contributed by atoms with van der Waals surface area (Å²) >= 11 is 20.0. The molecule has 0 bridgehead atoms. The lowest BCUT2D eigenvalue weighted by atomic mass is 10.0. The van der Waals surface area contributed by atoms with Crippen molar-refractivity contribution in [2.24, 2.45) is 0 Å². The minimum Gasteiger partial charge on any atom is -0.478 e. The van der Waals surface area contributed by atoms with Gasteiger partial charge < -0.3 is 5.11 Å². The molecule has 1 N–H and O–H groups in total. The van der Waals surface area contributed by atoms with Gasteiger partial charge in [-0.15, -0.1) is 0 Å². The van der Waals surface area contributed by atoms with Crippen molar-refractivity contribution in [2.45, 2.75) is 4.29 Å². The second-order valence-corrected chi connectivity index (χ2v) is 16.6. The smallest absolute Gasteiger partial charge is 0.336 e. The van der Waals surface area contributed by atoms with E-state index in [-0.39, 0.29) is 5.56 Å². The minimum atomic E-state index is -1.01. The molecular weight excluding hydrogens is 620 g/mol. The molecule has 1 aromatic carbocycles. The third kappa shape index (κ3) is 4.27. The van der Waals surface area contributed by atoms with Crippen LogP contribution in [0.1, 0.15) is 21.5 Å². The summed E-state index contributed by atoms with van der Waals surface area (Å²) in [5.74, 6) is -1.01. The standard InChI is InChI=1S/C9H4Br6O2/c10-8(11,12)4-2-1-3-5(9(13,14)15)6(4)7(16)17/h1-3H,(H,16,17). The summed E-state index contributed by atoms with van der Waals surface area (Å²) in [6, 6.07) is 5.20. The van der Waals surface area contributed by atoms with Crippen molar-refractivity contribution in [3.05, 3.63) is 34.9 Å². The fraction of sp³-hybridized carbons (Fsp3) is 0.222. The minimum absolute atomic E-state index is 0.184. The van der Waals surface area contributed by atoms with Crippen LogP contribution in [0.3, 0.4) is 0 Å². The molecule has 0 aliphatic rings. The molecule has 17 heavy (non-hydrogen) atoms. The number of benzene rings is 1. The van der Waals surface area contributed by atoms with Gasteiger partial charge in [-0.2, -0.15) is 0 Å². The SMILES string of the molecule is O=C(O)c1c(C(Br)(Br)Br)cccc1C(Br)(Br)Br. The Kier molecular flexibility index (Phi) is 5.78. The van der Waals surface area contributed by atoms with Crippen molar-refractivity contribution in [1.29, 1.82) is 0 Å². The predicted octanol–water partition coefficient (Wildman–Crippen LogP) is 5.97. The van der Waals surface area contributed by atoms with Gasteiger partial charge in [0.1, 0.15) is 0 Å². The van der Waals surface area contributed by atoms with Crippen LogP contribution in [-0.4, -0.2) is 11.1 Å². The number of hydrogen-bond acceptors (Lipinski definition) is 1. The molecule has 0 aliphatic heterocycles. The maximum Gasteiger partial charge on any atom is 0.336 e. The molecule has 0 saturated heterocycles. The highest BCUT2D eigenvalue weighted by atomic mass is 80.0. The van der Waals surface area contributed by atoms with Gasteiger partial charge in [0, 0.05) is 11.1 Å². The third-order valence-electron chi connectivity index (χ3n) is 1.89. The zero-order valence-corrected chi connectivity index (χ0v) is 17.4. The Morgan fingerprint density at radius 2 is 1.29 bits per heavy atom. The third-order valence-corrected chi connectivity index (χ3v) is 4.45. The van der Waals surface area contributed by atoms with Gasteiger partial charge >= 0.3 is 5.97 Å². The zero-order chi connectivity index (χ0) is 13.4. The van der Waals surface area contributed by atoms with Gasteiger partial charge in [0.05, 0.1) is 5.56 Å². The van der Waals surface area contributed by atoms with E-state index in [1.807, 2.05) is 0 Å². The van der Waals surface area contributed by atoms with Crippen LogP contribution in [0.4, 0.5) is 0 Å². The Morgan fingerprint density at radius 1 is 0.941 bits per heavy atom. The lowest BCUT2D eigenvalue weighted by molar-refractivity contribution is 0.0695. The molecular formula is C9H4Br6O2. The first kappa shape index (κ1) is 16.6. The van der Waals surface area contributed by atoms with Crippen molar-refractivity contribution in [1.82, 2.24) is 0 Å². The Balaban J connectivity index is 3.61. The summed E-state index contributed by atoms with van der Waals surface area (Å²) in [5, 5.41) is 9.35. The van der Waals surface area contributed by atoms with E-state index in [2.05, 4.69) is 95.6 Å². The van der Waals surface area contributed by atoms with Crippen LogP contribution >= 0.6 is 95.6 Å². The lowest BCUT2D eigenvalue weighted by Gasteiger charge is -2.22. The Hall–Kier alpha value is 1.57. The van der Waals surface area contributed by atoms with E-state index in [0.717, 1.165) is 0 Å². The van der Waals surface area contributed by atoms with Gasteiger partial charge in [0.15, 0.2) is 4.29 Å². The van der Waals surface area contributed by atoms with E-state index in [9.17, 15) is 9.90 Å². The highest BCUT2D eigenvalue weighted by Gasteiger charge is 2.34. The summed E-state index contributed by atoms with van der Waals surface area (Å²) in [5.41, 5.74) is 1.30. The van der Waals surface area contributed by atoms with Gasteiger partial charge in [-0.3, -0.25) is 0 Å². The second kappa shape index (κ2) is 5.91. The molecule has 0 atom stereocenters. The van der Waals surface area contributed by atoms with E-state index < -0.39 is 10.3 Å². The largest absolute Gasteiger partial charge is 0.478 e. The van der Waals surface area contributed by atoms with Gasteiger partial charge in [-0.1, -0.05) is 114 Å². The molecule has 1 aromatic rings. The van der Waals surface area contributed by atoms with E-state index in [4.69, 9.17) is 0 Å². The first-order chi connectivity index (χ1) is 7.55. The number of hydrogen-bond donors (Lipinski definition) is 1. The number of carboxylic acid groups (broad SMARTS) is 1. The maximum absolute atomic E-state index is 11.4. The van der Waals surface area contributed by atoms with Crippen molar-refractivity contribution in [2.75, 3.05) is 0 Å². The van der Waals surface area contributed by atoms with Crippen LogP contribution in [0.2, 0.25) is 0 Å². The molecule has 0 amide bonds. The summed E-state index contributed by atoms with van der Waals surface area (Å²) in [7, 11) is 0. The quantitative estimate of drug-likeness (QED) is 0.392. The topological polar surface area (TPSA) is 37.3 Å². The molecule has 8 heteroatoms. The van der Waals surface area contributed by atoms with Crippen molar-refractivity contribution in [3.63, 3.8) is 0 Å². The van der Waals surface area contributed by atoms with Crippen molar-refractivity contribution >= 4 is 102 Å². The second-order valence-electron chi connectivity index (χ2n) is 3.03. The van der Waals surface area contributed by atoms with Crippen LogP contribution in [-0.2, 0) is 4.29 Å². The Labute approximate surface area is 149 Å². The van der Waals surface area contributed by atoms with Gasteiger partial charge in [0.2, 0.25) is 0 Å². The van der Waals surface area contributed by atoms with E-state index >= 15 is 0 Å². The molecule has 0 aromatic heterocycles. The van der Waals surface area contributed by atoms with Crippen LogP contribution < -0.4 is 0 Å². The molecule has 94 valence electrons. The average molecular weight is 624 g/mol. The van der Waals surface area contributed by atoms with Crippen molar-refractivity contribution < 1.29 is 9.90 Å². The molecule has 0 saturated carbocycles. The van der Waals surface area contributed by atoms with Gasteiger partial charge in [-0.05, 0) is 0 Å². The van der Waals surface area contributed by atoms with E-state index in [1.165, 1.54) is 0 Å². The summed E-state index contributed by atoms with van der Waals surface area (Å²) in [6.07, 6.45) is 0. The number of carboxylic acids is 1. The number of alkyl halides is 6. The molecule has 0 unspecified atom stereocenters. The number of aromatic carboxylic acids is 1. The summed E-state index contributed by atoms with van der Waals surface area (Å²) in [4.78, 5) is 11.4. The molecule has 2 nitrogen and oxygen atoms in total. The Bertz CT molecular complexity index is 414. The zero-order valence-electron chi connectivity index (χ0n) is 7.86. The van der Waals surface area contributed by atoms with E-state index in [1.54, 1.807) is 18.2 Å². The first-order valence-corrected chi connectivity index (χ1v) is 8.81. The van der Waals surface area contributed by atoms with Crippen LogP contribution in [0, 0.1) is 0 Å². The number of carbonyl (C=O) groups is 1. The van der Waals surface area contributed by atoms with E-state index in [0.29, 0.717) is 11.1 Å². The highest BCUT2D eigenvalue weighted by molar-refractivity contribution is 9.39. The van der Waals surface area contributed by atoms with Crippen LogP contribution in [0.25, 0.3) is 0 Å². The predicted molar refractivity (Wildman–Crippen MR) is 90.3 cm³/mol. The fourth-order valence-electron chi connectivity index (χ4n) is 1.26. The molecule has 0 fully saturated rings. The van der Waals surface area contributed by atoms with Gasteiger partial charge in [-0.25, -0.2) is 4.79 Å². The molecule has 1 rings (SSSR count). The summed E-state index contributed by atoms with van der Waals surface area (Å²) < 4.78 is -1.57. The normalized spacial score (nSPS) is 12.6. The van der Waals surface area contributed by atoms with Crippen LogP contribution in [0.5, 0.6) is 0 Å². The molecule has 0 heterocycles. The highest BCUT2D eigenvalue weighted by Crippen LogP contribution is 2.51. The fourth-order valence-corrected chi connectivity index (χ4v) is 3.24. The van der Waals surface area contributed by atoms with Crippen molar-refractivity contribution in [3.8, 4) is 0 Å². The summed E-state index contributed by atoms with van der Waals surface area (Å²) in [6.45, 7) is 0. The average Bonchev–Trinajstić information content (AvgIpc) is 2.13. The van der Waals surface area contributed by atoms with Gasteiger partial charge in [0.25, 0.3) is 0 Å². The number of rotatable bonds is 1. The first-order valence-electron chi connectivity index (χ1n) is 4.06. The molecule has 0 radical (unpaired) electrons. The molecule has 0 aliphatic carbocycles. The number of halogens is 6. The molecule has 0 spiro atoms.